The number of anilines is 1. The summed E-state index contributed by atoms with van der Waals surface area (Å²) in [5.41, 5.74) is 8.49. The van der Waals surface area contributed by atoms with E-state index in [0.717, 1.165) is 37.4 Å². The molecule has 0 radical (unpaired) electrons. The van der Waals surface area contributed by atoms with Crippen LogP contribution in [0.4, 0.5) is 10.1 Å². The van der Waals surface area contributed by atoms with Gasteiger partial charge in [-0.25, -0.2) is 4.39 Å². The van der Waals surface area contributed by atoms with E-state index in [1.165, 1.54) is 11.6 Å². The van der Waals surface area contributed by atoms with Crippen LogP contribution in [0.1, 0.15) is 11.3 Å². The molecular formula is C13H16FN5. The van der Waals surface area contributed by atoms with Gasteiger partial charge in [0.15, 0.2) is 0 Å². The summed E-state index contributed by atoms with van der Waals surface area (Å²) in [4.78, 5) is 2.18. The number of hydrogen-bond donors (Lipinski definition) is 1. The third-order valence-electron chi connectivity index (χ3n) is 3.43. The summed E-state index contributed by atoms with van der Waals surface area (Å²) in [6, 6.07) is 4.99. The highest BCUT2D eigenvalue weighted by Gasteiger charge is 2.19. The number of hydrogen-bond acceptors (Lipinski definition) is 4. The van der Waals surface area contributed by atoms with Crippen LogP contribution in [0.2, 0.25) is 0 Å². The van der Waals surface area contributed by atoms with E-state index in [2.05, 4.69) is 15.2 Å². The zero-order valence-electron chi connectivity index (χ0n) is 10.6. The molecule has 0 saturated heterocycles. The molecule has 0 bridgehead atoms. The molecule has 5 nitrogen and oxygen atoms in total. The summed E-state index contributed by atoms with van der Waals surface area (Å²) in [6.45, 7) is 2.85. The van der Waals surface area contributed by atoms with Gasteiger partial charge in [0.25, 0.3) is 0 Å². The second-order valence-electron chi connectivity index (χ2n) is 4.69. The van der Waals surface area contributed by atoms with Gasteiger partial charge in [-0.1, -0.05) is 11.3 Å². The molecule has 1 aromatic heterocycles. The lowest BCUT2D eigenvalue weighted by Crippen LogP contribution is -2.25. The molecule has 2 heterocycles. The lowest BCUT2D eigenvalue weighted by atomic mass is 10.2. The second kappa shape index (κ2) is 4.97. The molecule has 0 atom stereocenters. The molecule has 6 heteroatoms. The highest BCUT2D eigenvalue weighted by molar-refractivity contribution is 5.58. The van der Waals surface area contributed by atoms with E-state index in [0.29, 0.717) is 6.54 Å². The van der Waals surface area contributed by atoms with Crippen LogP contribution in [0.3, 0.4) is 0 Å². The predicted octanol–water partition coefficient (Wildman–Crippen LogP) is 0.939. The first-order valence-corrected chi connectivity index (χ1v) is 6.39. The Balaban J connectivity index is 1.67. The number of nitrogens with zero attached hydrogens (tertiary/aromatic N) is 4. The molecule has 100 valence electrons. The Labute approximate surface area is 110 Å². The highest BCUT2D eigenvalue weighted by atomic mass is 19.1. The molecular weight excluding hydrogens is 245 g/mol. The molecule has 0 amide bonds. The number of rotatable bonds is 4. The zero-order valence-corrected chi connectivity index (χ0v) is 10.6. The van der Waals surface area contributed by atoms with Crippen LogP contribution in [0, 0.1) is 5.82 Å². The topological polar surface area (TPSA) is 60.0 Å². The third kappa shape index (κ3) is 2.44. The standard InChI is InChI=1S/C13H16FN5/c14-11-2-1-10-3-4-18(13(10)7-11)5-6-19-9-12(8-15)16-17-19/h1-2,7,9H,3-6,8,15H2. The first-order chi connectivity index (χ1) is 9.26. The second-order valence-corrected chi connectivity index (χ2v) is 4.69. The summed E-state index contributed by atoms with van der Waals surface area (Å²) < 4.78 is 15.1. The SMILES string of the molecule is NCc1cn(CCN2CCc3ccc(F)cc32)nn1. The summed E-state index contributed by atoms with van der Waals surface area (Å²) in [5, 5.41) is 7.96. The van der Waals surface area contributed by atoms with Crippen molar-refractivity contribution in [3.63, 3.8) is 0 Å². The number of aromatic nitrogens is 3. The predicted molar refractivity (Wildman–Crippen MR) is 70.2 cm³/mol. The van der Waals surface area contributed by atoms with Crippen LogP contribution >= 0.6 is 0 Å². The molecule has 3 rings (SSSR count). The van der Waals surface area contributed by atoms with Crippen molar-refractivity contribution in [2.75, 3.05) is 18.0 Å². The Bertz CT molecular complexity index is 580. The Morgan fingerprint density at radius 2 is 2.21 bits per heavy atom. The van der Waals surface area contributed by atoms with Gasteiger partial charge in [0.2, 0.25) is 0 Å². The Hall–Kier alpha value is -1.95. The Morgan fingerprint density at radius 3 is 3.00 bits per heavy atom. The number of nitrogens with two attached hydrogens (primary N) is 1. The zero-order chi connectivity index (χ0) is 13.2. The van der Waals surface area contributed by atoms with E-state index < -0.39 is 0 Å². The van der Waals surface area contributed by atoms with Gasteiger partial charge < -0.3 is 10.6 Å². The Morgan fingerprint density at radius 1 is 1.32 bits per heavy atom. The van der Waals surface area contributed by atoms with Crippen LogP contribution < -0.4 is 10.6 Å². The number of benzene rings is 1. The van der Waals surface area contributed by atoms with Crippen molar-refractivity contribution in [1.82, 2.24) is 15.0 Å². The van der Waals surface area contributed by atoms with Gasteiger partial charge in [0.1, 0.15) is 5.82 Å². The van der Waals surface area contributed by atoms with Gasteiger partial charge in [-0.05, 0) is 24.1 Å². The van der Waals surface area contributed by atoms with Crippen LogP contribution in [0.15, 0.2) is 24.4 Å². The molecule has 19 heavy (non-hydrogen) atoms. The molecule has 1 aliphatic rings. The summed E-state index contributed by atoms with van der Waals surface area (Å²) in [5.74, 6) is -0.183. The minimum atomic E-state index is -0.183. The van der Waals surface area contributed by atoms with Crippen molar-refractivity contribution in [1.29, 1.82) is 0 Å². The summed E-state index contributed by atoms with van der Waals surface area (Å²) >= 11 is 0. The minimum absolute atomic E-state index is 0.183. The van der Waals surface area contributed by atoms with Crippen molar-refractivity contribution in [3.05, 3.63) is 41.5 Å². The smallest absolute Gasteiger partial charge is 0.125 e. The first kappa shape index (κ1) is 12.1. The largest absolute Gasteiger partial charge is 0.369 e. The van der Waals surface area contributed by atoms with Gasteiger partial charge in [-0.15, -0.1) is 5.10 Å². The lowest BCUT2D eigenvalue weighted by molar-refractivity contribution is 0.579. The average molecular weight is 261 g/mol. The number of halogens is 1. The van der Waals surface area contributed by atoms with Gasteiger partial charge in [-0.3, -0.25) is 4.68 Å². The van der Waals surface area contributed by atoms with Crippen molar-refractivity contribution < 1.29 is 4.39 Å². The van der Waals surface area contributed by atoms with Crippen molar-refractivity contribution in [3.8, 4) is 0 Å². The molecule has 1 aromatic carbocycles. The maximum atomic E-state index is 13.3. The first-order valence-electron chi connectivity index (χ1n) is 6.39. The molecule has 0 aliphatic carbocycles. The van der Waals surface area contributed by atoms with Crippen LogP contribution in [-0.2, 0) is 19.5 Å². The van der Waals surface area contributed by atoms with Gasteiger partial charge in [0, 0.05) is 31.5 Å². The fourth-order valence-electron chi connectivity index (χ4n) is 2.42. The molecule has 2 N–H and O–H groups in total. The van der Waals surface area contributed by atoms with Crippen molar-refractivity contribution in [2.24, 2.45) is 5.73 Å². The summed E-state index contributed by atoms with van der Waals surface area (Å²) in [7, 11) is 0. The quantitative estimate of drug-likeness (QED) is 0.889. The van der Waals surface area contributed by atoms with E-state index in [1.54, 1.807) is 10.7 Å². The fraction of sp³-hybridized carbons (Fsp3) is 0.385. The van der Waals surface area contributed by atoms with Crippen LogP contribution in [0.5, 0.6) is 0 Å². The van der Waals surface area contributed by atoms with Crippen LogP contribution in [-0.4, -0.2) is 28.1 Å². The van der Waals surface area contributed by atoms with Crippen molar-refractivity contribution in [2.45, 2.75) is 19.5 Å². The maximum absolute atomic E-state index is 13.3. The fourth-order valence-corrected chi connectivity index (χ4v) is 2.42. The van der Waals surface area contributed by atoms with Crippen LogP contribution in [0.25, 0.3) is 0 Å². The van der Waals surface area contributed by atoms with Gasteiger partial charge in [0.05, 0.1) is 12.2 Å². The van der Waals surface area contributed by atoms with Gasteiger partial charge >= 0.3 is 0 Å². The Kier molecular flexibility index (Phi) is 3.16. The van der Waals surface area contributed by atoms with Gasteiger partial charge in [-0.2, -0.15) is 0 Å². The molecule has 2 aromatic rings. The minimum Gasteiger partial charge on any atom is -0.369 e. The van der Waals surface area contributed by atoms with E-state index in [4.69, 9.17) is 5.73 Å². The third-order valence-corrected chi connectivity index (χ3v) is 3.43. The van der Waals surface area contributed by atoms with E-state index >= 15 is 0 Å². The molecule has 0 spiro atoms. The van der Waals surface area contributed by atoms with E-state index in [1.807, 2.05) is 12.3 Å². The number of fused-ring (bicyclic) bond motifs is 1. The maximum Gasteiger partial charge on any atom is 0.125 e. The lowest BCUT2D eigenvalue weighted by Gasteiger charge is -2.19. The molecule has 0 fully saturated rings. The summed E-state index contributed by atoms with van der Waals surface area (Å²) in [6.07, 6.45) is 2.82. The highest BCUT2D eigenvalue weighted by Crippen LogP contribution is 2.28. The molecule has 0 saturated carbocycles. The average Bonchev–Trinajstić information content (AvgIpc) is 3.02. The van der Waals surface area contributed by atoms with Crippen molar-refractivity contribution >= 4 is 5.69 Å². The van der Waals surface area contributed by atoms with E-state index in [9.17, 15) is 4.39 Å². The monoisotopic (exact) mass is 261 g/mol. The molecule has 0 unspecified atom stereocenters. The van der Waals surface area contributed by atoms with E-state index in [-0.39, 0.29) is 5.82 Å². The molecule has 1 aliphatic heterocycles. The normalized spacial score (nSPS) is 13.9.